The number of carbonyl (C=O) groups is 6. The van der Waals surface area contributed by atoms with Crippen molar-refractivity contribution in [2.45, 2.75) is 70.1 Å². The molecule has 48 heavy (non-hydrogen) atoms. The first kappa shape index (κ1) is 35.1. The van der Waals surface area contributed by atoms with Gasteiger partial charge in [0.25, 0.3) is 5.69 Å². The largest absolute Gasteiger partial charge is 0.481 e. The number of likely N-dealkylation sites (tertiary alicyclic amines) is 1. The summed E-state index contributed by atoms with van der Waals surface area (Å²) in [6.45, 7) is 3.08. The zero-order valence-corrected chi connectivity index (χ0v) is 26.4. The van der Waals surface area contributed by atoms with Crippen LogP contribution in [-0.4, -0.2) is 86.1 Å². The highest BCUT2D eigenvalue weighted by molar-refractivity contribution is 6.00. The van der Waals surface area contributed by atoms with Gasteiger partial charge >= 0.3 is 5.97 Å². The van der Waals surface area contributed by atoms with E-state index < -0.39 is 71.0 Å². The van der Waals surface area contributed by atoms with E-state index in [4.69, 9.17) is 5.11 Å². The number of H-pyrrole nitrogens is 1. The lowest BCUT2D eigenvalue weighted by Gasteiger charge is -2.29. The lowest BCUT2D eigenvalue weighted by Crippen LogP contribution is -2.56. The van der Waals surface area contributed by atoms with Gasteiger partial charge in [0.1, 0.15) is 24.2 Å². The second-order valence-electron chi connectivity index (χ2n) is 11.5. The van der Waals surface area contributed by atoms with E-state index in [0.717, 1.165) is 16.5 Å². The number of rotatable bonds is 14. The number of hydrogen-bond donors (Lipinski definition) is 6. The molecule has 4 atom stereocenters. The van der Waals surface area contributed by atoms with Crippen LogP contribution >= 0.6 is 0 Å². The van der Waals surface area contributed by atoms with Crippen LogP contribution in [0, 0.1) is 10.1 Å². The van der Waals surface area contributed by atoms with Crippen molar-refractivity contribution < 1.29 is 38.8 Å². The smallest absolute Gasteiger partial charge is 0.303 e. The molecule has 254 valence electrons. The Morgan fingerprint density at radius 3 is 2.35 bits per heavy atom. The molecule has 0 aliphatic carbocycles. The van der Waals surface area contributed by atoms with Crippen LogP contribution in [0.3, 0.4) is 0 Å². The number of aromatic nitrogens is 1. The van der Waals surface area contributed by atoms with Gasteiger partial charge in [-0.3, -0.25) is 38.9 Å². The number of aromatic amines is 1. The molecule has 2 aromatic carbocycles. The Balaban J connectivity index is 1.44. The van der Waals surface area contributed by atoms with E-state index in [1.165, 1.54) is 43.0 Å². The van der Waals surface area contributed by atoms with E-state index in [1.807, 2.05) is 24.3 Å². The van der Waals surface area contributed by atoms with Crippen LogP contribution in [0.1, 0.15) is 45.1 Å². The van der Waals surface area contributed by atoms with Crippen LogP contribution in [0.25, 0.3) is 10.9 Å². The molecule has 1 aliphatic heterocycles. The van der Waals surface area contributed by atoms with Gasteiger partial charge in [-0.2, -0.15) is 0 Å². The molecule has 6 N–H and O–H groups in total. The highest BCUT2D eigenvalue weighted by Crippen LogP contribution is 2.22. The number of nitro benzene ring substituents is 1. The van der Waals surface area contributed by atoms with Gasteiger partial charge in [-0.25, -0.2) is 0 Å². The number of para-hydroxylation sites is 1. The third kappa shape index (κ3) is 8.92. The first-order valence-corrected chi connectivity index (χ1v) is 15.4. The Kier molecular flexibility index (Phi) is 11.4. The molecular formula is C32H37N7O9. The van der Waals surface area contributed by atoms with Crippen molar-refractivity contribution in [1.82, 2.24) is 25.8 Å². The molecule has 2 heterocycles. The Bertz CT molecular complexity index is 1710. The van der Waals surface area contributed by atoms with Crippen LogP contribution in [-0.2, 0) is 35.2 Å². The van der Waals surface area contributed by atoms with Crippen LogP contribution in [0.2, 0.25) is 0 Å². The van der Waals surface area contributed by atoms with Crippen molar-refractivity contribution in [3.8, 4) is 0 Å². The molecule has 16 heteroatoms. The Morgan fingerprint density at radius 1 is 0.958 bits per heavy atom. The van der Waals surface area contributed by atoms with Crippen molar-refractivity contribution in [2.75, 3.05) is 11.9 Å². The monoisotopic (exact) mass is 663 g/mol. The zero-order chi connectivity index (χ0) is 35.0. The van der Waals surface area contributed by atoms with Gasteiger partial charge in [-0.15, -0.1) is 0 Å². The number of aliphatic carboxylic acids is 1. The van der Waals surface area contributed by atoms with Gasteiger partial charge in [-0.1, -0.05) is 18.2 Å². The van der Waals surface area contributed by atoms with Crippen LogP contribution < -0.4 is 21.3 Å². The number of nitro groups is 1. The lowest BCUT2D eigenvalue weighted by molar-refractivity contribution is -0.384. The molecule has 0 saturated carbocycles. The number of carboxylic acids is 1. The summed E-state index contributed by atoms with van der Waals surface area (Å²) in [5.74, 6) is -4.12. The van der Waals surface area contributed by atoms with Gasteiger partial charge in [-0.05, 0) is 50.5 Å². The summed E-state index contributed by atoms with van der Waals surface area (Å²) in [7, 11) is 0. The highest BCUT2D eigenvalue weighted by atomic mass is 16.6. The summed E-state index contributed by atoms with van der Waals surface area (Å²) in [6.07, 6.45) is 1.96. The van der Waals surface area contributed by atoms with E-state index >= 15 is 0 Å². The fraction of sp³-hybridized carbons (Fsp3) is 0.375. The third-order valence-electron chi connectivity index (χ3n) is 7.98. The summed E-state index contributed by atoms with van der Waals surface area (Å²) in [5, 5.41) is 31.0. The SMILES string of the molecule is C[C@H](NC(=O)CCC(=O)O)C(=O)N[C@@H](C)C(=O)N1CCC[C@H]1C(=O)N[C@@H](Cc1c[nH]c2ccccc12)C(=O)Nc1ccc([N+](=O)[O-])cc1. The van der Waals surface area contributed by atoms with Gasteiger partial charge in [0.2, 0.25) is 29.5 Å². The fourth-order valence-electron chi connectivity index (χ4n) is 5.45. The van der Waals surface area contributed by atoms with Crippen LogP contribution in [0.5, 0.6) is 0 Å². The number of carbonyl (C=O) groups excluding carboxylic acids is 5. The molecule has 16 nitrogen and oxygen atoms in total. The summed E-state index contributed by atoms with van der Waals surface area (Å²) in [4.78, 5) is 90.9. The quantitative estimate of drug-likeness (QED) is 0.108. The molecule has 1 aliphatic rings. The van der Waals surface area contributed by atoms with Gasteiger partial charge < -0.3 is 36.3 Å². The average molecular weight is 664 g/mol. The number of fused-ring (bicyclic) bond motifs is 1. The molecule has 0 unspecified atom stereocenters. The molecule has 3 aromatic rings. The van der Waals surface area contributed by atoms with E-state index in [2.05, 4.69) is 26.3 Å². The van der Waals surface area contributed by atoms with Gasteiger partial charge in [0.15, 0.2) is 0 Å². The maximum absolute atomic E-state index is 13.7. The lowest BCUT2D eigenvalue weighted by atomic mass is 10.0. The second kappa shape index (κ2) is 15.7. The summed E-state index contributed by atoms with van der Waals surface area (Å²) < 4.78 is 0. The first-order valence-electron chi connectivity index (χ1n) is 15.4. The van der Waals surface area contributed by atoms with Crippen molar-refractivity contribution in [3.63, 3.8) is 0 Å². The van der Waals surface area contributed by atoms with E-state index in [1.54, 1.807) is 6.20 Å². The minimum Gasteiger partial charge on any atom is -0.481 e. The molecule has 1 aromatic heterocycles. The van der Waals surface area contributed by atoms with E-state index in [0.29, 0.717) is 18.5 Å². The van der Waals surface area contributed by atoms with Crippen molar-refractivity contribution >= 4 is 57.8 Å². The Labute approximate surface area is 274 Å². The molecule has 4 rings (SSSR count). The third-order valence-corrected chi connectivity index (χ3v) is 7.98. The van der Waals surface area contributed by atoms with Crippen molar-refractivity contribution in [1.29, 1.82) is 0 Å². The second-order valence-corrected chi connectivity index (χ2v) is 11.5. The number of benzene rings is 2. The fourth-order valence-corrected chi connectivity index (χ4v) is 5.45. The maximum atomic E-state index is 13.7. The van der Waals surface area contributed by atoms with E-state index in [9.17, 15) is 38.9 Å². The predicted octanol–water partition coefficient (Wildman–Crippen LogP) is 1.61. The number of non-ortho nitro benzene ring substituents is 1. The highest BCUT2D eigenvalue weighted by Gasteiger charge is 2.38. The van der Waals surface area contributed by atoms with Gasteiger partial charge in [0, 0.05) is 54.3 Å². The molecular weight excluding hydrogens is 626 g/mol. The van der Waals surface area contributed by atoms with Crippen molar-refractivity contribution in [2.24, 2.45) is 0 Å². The Hall–Kier alpha value is -5.80. The van der Waals surface area contributed by atoms with Crippen LogP contribution in [0.15, 0.2) is 54.7 Å². The molecule has 1 saturated heterocycles. The van der Waals surface area contributed by atoms with Gasteiger partial charge in [0.05, 0.1) is 11.3 Å². The minimum atomic E-state index is -1.15. The minimum absolute atomic E-state index is 0.0950. The van der Waals surface area contributed by atoms with Crippen molar-refractivity contribution in [3.05, 3.63) is 70.4 Å². The normalized spacial score (nSPS) is 16.0. The topological polar surface area (TPSA) is 233 Å². The first-order chi connectivity index (χ1) is 22.8. The number of carboxylic acid groups (broad SMARTS) is 1. The average Bonchev–Trinajstić information content (AvgIpc) is 3.71. The standard InChI is InChI=1S/C32H37N7O9/c1-18(34-27(40)13-14-28(41)42)29(43)35-19(2)32(46)38-15-5-8-26(38)31(45)37-25(16-20-17-33-24-7-4-3-6-23(20)24)30(44)36-21-9-11-22(12-10-21)39(47)48/h3-4,6-7,9-12,17-19,25-26,33H,5,8,13-16H2,1-2H3,(H,34,40)(H,35,43)(H,36,44)(H,37,45)(H,41,42)/t18-,19-,25-,26-/m0/s1. The summed E-state index contributed by atoms with van der Waals surface area (Å²) >= 11 is 0. The van der Waals surface area contributed by atoms with E-state index in [-0.39, 0.29) is 25.1 Å². The van der Waals surface area contributed by atoms with Crippen LogP contribution in [0.4, 0.5) is 11.4 Å². The number of anilines is 1. The maximum Gasteiger partial charge on any atom is 0.303 e. The Morgan fingerprint density at radius 2 is 1.67 bits per heavy atom. The molecule has 0 spiro atoms. The summed E-state index contributed by atoms with van der Waals surface area (Å²) in [6, 6.07) is 8.61. The predicted molar refractivity (Wildman–Crippen MR) is 172 cm³/mol. The number of amides is 5. The molecule has 0 radical (unpaired) electrons. The molecule has 5 amide bonds. The summed E-state index contributed by atoms with van der Waals surface area (Å²) in [5.41, 5.74) is 1.74. The number of nitrogens with zero attached hydrogens (tertiary/aromatic N) is 2. The zero-order valence-electron chi connectivity index (χ0n) is 26.4. The molecule has 0 bridgehead atoms. The number of nitrogens with one attached hydrogen (secondary N) is 5. The number of hydrogen-bond acceptors (Lipinski definition) is 8. The molecule has 1 fully saturated rings.